The van der Waals surface area contributed by atoms with Gasteiger partial charge in [-0.1, -0.05) is 29.9 Å². The van der Waals surface area contributed by atoms with E-state index in [2.05, 4.69) is 16.6 Å². The highest BCUT2D eigenvalue weighted by atomic mass is 35.5. The molecule has 1 rings (SSSR count). The topological polar surface area (TPSA) is 49.1 Å². The van der Waals surface area contributed by atoms with Crippen LogP contribution in [0.5, 0.6) is 0 Å². The first-order chi connectivity index (χ1) is 8.52. The van der Waals surface area contributed by atoms with Crippen LogP contribution >= 0.6 is 23.4 Å². The monoisotopic (exact) mass is 283 g/mol. The van der Waals surface area contributed by atoms with E-state index in [4.69, 9.17) is 17.0 Å². The van der Waals surface area contributed by atoms with E-state index in [9.17, 15) is 4.39 Å². The maximum Gasteiger partial charge on any atom is 0.212 e. The summed E-state index contributed by atoms with van der Waals surface area (Å²) in [5.41, 5.74) is 0.708. The zero-order chi connectivity index (χ0) is 13.5. The highest BCUT2D eigenvalue weighted by Gasteiger charge is 2.05. The molecule has 0 amide bonds. The Hall–Kier alpha value is -1.46. The summed E-state index contributed by atoms with van der Waals surface area (Å²) in [7, 11) is 1.63. The van der Waals surface area contributed by atoms with Crippen molar-refractivity contribution in [1.82, 2.24) is 4.98 Å². The molecule has 0 bridgehead atoms. The van der Waals surface area contributed by atoms with Gasteiger partial charge in [0.05, 0.1) is 0 Å². The molecule has 6 heteroatoms. The molecule has 0 aromatic carbocycles. The predicted molar refractivity (Wildman–Crippen MR) is 76.1 cm³/mol. The third-order valence-electron chi connectivity index (χ3n) is 1.82. The van der Waals surface area contributed by atoms with Gasteiger partial charge in [-0.25, -0.2) is 4.98 Å². The fourth-order valence-corrected chi connectivity index (χ4v) is 1.84. The van der Waals surface area contributed by atoms with Crippen LogP contribution in [0.2, 0.25) is 0 Å². The second-order valence-electron chi connectivity index (χ2n) is 3.15. The second kappa shape index (κ2) is 7.08. The summed E-state index contributed by atoms with van der Waals surface area (Å²) in [6, 6.07) is 2.87. The van der Waals surface area contributed by atoms with Crippen molar-refractivity contribution in [2.45, 2.75) is 0 Å². The van der Waals surface area contributed by atoms with Crippen molar-refractivity contribution < 1.29 is 4.39 Å². The Kier molecular flexibility index (Phi) is 5.74. The number of pyridine rings is 1. The maximum absolute atomic E-state index is 12.7. The number of halogens is 2. The van der Waals surface area contributed by atoms with Crippen molar-refractivity contribution in [3.05, 3.63) is 53.5 Å². The van der Waals surface area contributed by atoms with E-state index in [0.29, 0.717) is 15.5 Å². The van der Waals surface area contributed by atoms with E-state index in [1.807, 2.05) is 0 Å². The minimum absolute atomic E-state index is 0.0739. The quantitative estimate of drug-likeness (QED) is 0.397. The average molecular weight is 284 g/mol. The van der Waals surface area contributed by atoms with Gasteiger partial charge in [-0.05, 0) is 24.3 Å². The number of nitrogens with zero attached hydrogens (tertiary/aromatic N) is 2. The highest BCUT2D eigenvalue weighted by molar-refractivity contribution is 8.17. The van der Waals surface area contributed by atoms with Crippen LogP contribution in [0, 0.1) is 11.4 Å². The largest absolute Gasteiger partial charge is 0.289 e. The first-order valence-electron chi connectivity index (χ1n) is 4.90. The van der Waals surface area contributed by atoms with Crippen LogP contribution in [0.4, 0.5) is 4.39 Å². The molecule has 0 spiro atoms. The fraction of sp³-hybridized carbons (Fsp3) is 0.0833. The average Bonchev–Trinajstić information content (AvgIpc) is 2.34. The van der Waals surface area contributed by atoms with E-state index in [1.54, 1.807) is 19.2 Å². The number of hydrogen-bond acceptors (Lipinski definition) is 4. The number of thioether (sulfide) groups is 1. The fourth-order valence-electron chi connectivity index (χ4n) is 1.06. The molecule has 1 N–H and O–H groups in total. The molecule has 94 valence electrons. The lowest BCUT2D eigenvalue weighted by atomic mass is 10.3. The Bertz CT molecular complexity index is 509. The van der Waals surface area contributed by atoms with Gasteiger partial charge in [-0.15, -0.1) is 0 Å². The normalized spacial score (nSPS) is 11.8. The van der Waals surface area contributed by atoms with Gasteiger partial charge in [0.25, 0.3) is 0 Å². The number of hydrogen-bond donors (Lipinski definition) is 1. The molecule has 0 fully saturated rings. The summed E-state index contributed by atoms with van der Waals surface area (Å²) in [5.74, 6) is -0.534. The zero-order valence-electron chi connectivity index (χ0n) is 9.65. The maximum atomic E-state index is 12.7. The molecule has 0 aliphatic heterocycles. The number of nitrogens with one attached hydrogen (secondary N) is 1. The molecule has 1 heterocycles. The lowest BCUT2D eigenvalue weighted by Crippen LogP contribution is -1.97. The summed E-state index contributed by atoms with van der Waals surface area (Å²) >= 11 is 6.69. The van der Waals surface area contributed by atoms with Crippen LogP contribution in [0.3, 0.4) is 0 Å². The van der Waals surface area contributed by atoms with Crippen LogP contribution in [-0.2, 0) is 0 Å². The van der Waals surface area contributed by atoms with Gasteiger partial charge >= 0.3 is 0 Å². The summed E-state index contributed by atoms with van der Waals surface area (Å²) in [6.45, 7) is 3.80. The van der Waals surface area contributed by atoms with E-state index in [0.717, 1.165) is 0 Å². The van der Waals surface area contributed by atoms with Gasteiger partial charge < -0.3 is 0 Å². The summed E-state index contributed by atoms with van der Waals surface area (Å²) in [6.07, 6.45) is 4.44. The molecular formula is C12H11ClFN3S. The Morgan fingerprint density at radius 1 is 1.56 bits per heavy atom. The first kappa shape index (κ1) is 14.6. The first-order valence-corrected chi connectivity index (χ1v) is 6.10. The van der Waals surface area contributed by atoms with Gasteiger partial charge in [0.15, 0.2) is 0 Å². The second-order valence-corrected chi connectivity index (χ2v) is 4.67. The van der Waals surface area contributed by atoms with Crippen molar-refractivity contribution in [2.24, 2.45) is 4.99 Å². The molecule has 0 atom stereocenters. The molecule has 3 nitrogen and oxygen atoms in total. The number of aliphatic imine (C=N–C) groups is 1. The Morgan fingerprint density at radius 3 is 2.78 bits per heavy atom. The molecule has 1 aromatic rings. The molecular weight excluding hydrogens is 273 g/mol. The van der Waals surface area contributed by atoms with Gasteiger partial charge in [-0.3, -0.25) is 10.4 Å². The van der Waals surface area contributed by atoms with E-state index >= 15 is 0 Å². The van der Waals surface area contributed by atoms with Gasteiger partial charge in [0.1, 0.15) is 10.2 Å². The van der Waals surface area contributed by atoms with Crippen LogP contribution in [0.25, 0.3) is 0 Å². The Balaban J connectivity index is 2.77. The third-order valence-corrected chi connectivity index (χ3v) is 2.96. The van der Waals surface area contributed by atoms with E-state index < -0.39 is 5.95 Å². The molecule has 0 saturated carbocycles. The number of rotatable bonds is 4. The smallest absolute Gasteiger partial charge is 0.212 e. The van der Waals surface area contributed by atoms with Crippen molar-refractivity contribution in [3.8, 4) is 0 Å². The summed E-state index contributed by atoms with van der Waals surface area (Å²) in [4.78, 5) is 8.33. The molecule has 0 aliphatic carbocycles. The van der Waals surface area contributed by atoms with Crippen LogP contribution in [0.15, 0.2) is 47.0 Å². The van der Waals surface area contributed by atoms with Crippen molar-refractivity contribution in [2.75, 3.05) is 7.05 Å². The molecule has 1 aromatic heterocycles. The van der Waals surface area contributed by atoms with Crippen molar-refractivity contribution >= 4 is 33.6 Å². The van der Waals surface area contributed by atoms with Gasteiger partial charge in [-0.2, -0.15) is 4.39 Å². The lowest BCUT2D eigenvalue weighted by molar-refractivity contribution is 0.583. The molecule has 0 radical (unpaired) electrons. The standard InChI is InChI=1S/C12H11ClFN3S/c1-8(3-5-10(13)15)18-12(16-2)9-4-6-11(14)17-7-9/h3-7,15H,1H2,2H3/b5-3-,15-10?,16-12-. The van der Waals surface area contributed by atoms with Crippen LogP contribution in [0.1, 0.15) is 5.56 Å². The minimum Gasteiger partial charge on any atom is -0.289 e. The number of allylic oxidation sites excluding steroid dienone is 2. The molecule has 0 unspecified atom stereocenters. The van der Waals surface area contributed by atoms with Crippen molar-refractivity contribution in [1.29, 1.82) is 5.41 Å². The summed E-state index contributed by atoms with van der Waals surface area (Å²) in [5, 5.41) is 7.64. The third kappa shape index (κ3) is 4.81. The Labute approximate surface area is 114 Å². The molecule has 0 aliphatic rings. The summed E-state index contributed by atoms with van der Waals surface area (Å²) < 4.78 is 12.7. The zero-order valence-corrected chi connectivity index (χ0v) is 11.2. The molecule has 0 saturated heterocycles. The highest BCUT2D eigenvalue weighted by Crippen LogP contribution is 2.21. The van der Waals surface area contributed by atoms with E-state index in [-0.39, 0.29) is 5.17 Å². The predicted octanol–water partition coefficient (Wildman–Crippen LogP) is 3.62. The SMILES string of the molecule is C=C(/C=C\C(=N)Cl)S/C(=N\C)c1ccc(F)nc1. The lowest BCUT2D eigenvalue weighted by Gasteiger charge is -2.04. The van der Waals surface area contributed by atoms with Crippen LogP contribution in [-0.4, -0.2) is 22.2 Å². The van der Waals surface area contributed by atoms with Crippen LogP contribution < -0.4 is 0 Å². The van der Waals surface area contributed by atoms with Gasteiger partial charge in [0.2, 0.25) is 5.95 Å². The Morgan fingerprint density at radius 2 is 2.28 bits per heavy atom. The number of aromatic nitrogens is 1. The molecule has 18 heavy (non-hydrogen) atoms. The van der Waals surface area contributed by atoms with Gasteiger partial charge in [0, 0.05) is 23.7 Å². The van der Waals surface area contributed by atoms with E-state index in [1.165, 1.54) is 30.1 Å². The minimum atomic E-state index is -0.534. The van der Waals surface area contributed by atoms with Crippen molar-refractivity contribution in [3.63, 3.8) is 0 Å².